The van der Waals surface area contributed by atoms with Gasteiger partial charge in [-0.15, -0.1) is 0 Å². The topological polar surface area (TPSA) is 93.1 Å². The Labute approximate surface area is 183 Å². The molecule has 10 heteroatoms. The minimum Gasteiger partial charge on any atom is -0.491 e. The number of pyridine rings is 1. The monoisotopic (exact) mass is 453 g/mol. The zero-order chi connectivity index (χ0) is 23.8. The van der Waals surface area contributed by atoms with E-state index in [0.29, 0.717) is 0 Å². The number of ketones is 1. The molecule has 8 nitrogen and oxygen atoms in total. The number of benzene rings is 1. The molecule has 0 spiro atoms. The molecule has 0 atom stereocenters. The third-order valence-electron chi connectivity index (χ3n) is 4.72. The van der Waals surface area contributed by atoms with Crippen LogP contribution in [0.2, 0.25) is 0 Å². The standard InChI is InChI=1S/C22H25F2NO7/c1-5-32-22(28)19-21(31-4)20(27)15(11-25(19)12-18(29-2)30-3)17(26)9-7-13-6-8-14(23)10-16(13)24/h6,8,10-11,18H,5,7,9,12H2,1-4H3. The highest BCUT2D eigenvalue weighted by Gasteiger charge is 2.27. The molecule has 0 N–H and O–H groups in total. The first kappa shape index (κ1) is 25.2. The molecule has 0 amide bonds. The van der Waals surface area contributed by atoms with Crippen molar-refractivity contribution in [1.82, 2.24) is 4.57 Å². The van der Waals surface area contributed by atoms with Gasteiger partial charge in [-0.25, -0.2) is 13.6 Å². The fourth-order valence-electron chi connectivity index (χ4n) is 3.09. The largest absolute Gasteiger partial charge is 0.491 e. The third-order valence-corrected chi connectivity index (χ3v) is 4.72. The number of hydrogen-bond acceptors (Lipinski definition) is 7. The number of aromatic nitrogens is 1. The van der Waals surface area contributed by atoms with Crippen LogP contribution in [0.5, 0.6) is 5.75 Å². The summed E-state index contributed by atoms with van der Waals surface area (Å²) in [7, 11) is 3.97. The van der Waals surface area contributed by atoms with Crippen LogP contribution < -0.4 is 10.2 Å². The lowest BCUT2D eigenvalue weighted by molar-refractivity contribution is -0.111. The van der Waals surface area contributed by atoms with Crippen molar-refractivity contribution in [3.05, 3.63) is 63.1 Å². The summed E-state index contributed by atoms with van der Waals surface area (Å²) in [4.78, 5) is 38.3. The number of carbonyl (C=O) groups is 2. The van der Waals surface area contributed by atoms with Gasteiger partial charge in [-0.1, -0.05) is 6.07 Å². The summed E-state index contributed by atoms with van der Waals surface area (Å²) in [6.45, 7) is 1.61. The Balaban J connectivity index is 2.48. The second-order valence-electron chi connectivity index (χ2n) is 6.69. The Morgan fingerprint density at radius 1 is 1.12 bits per heavy atom. The second-order valence-corrected chi connectivity index (χ2v) is 6.69. The van der Waals surface area contributed by atoms with Gasteiger partial charge in [0, 0.05) is 32.9 Å². The minimum atomic E-state index is -0.820. The molecule has 0 bridgehead atoms. The number of aryl methyl sites for hydroxylation is 1. The van der Waals surface area contributed by atoms with E-state index in [1.807, 2.05) is 0 Å². The first-order valence-electron chi connectivity index (χ1n) is 9.78. The second kappa shape index (κ2) is 11.5. The zero-order valence-corrected chi connectivity index (χ0v) is 18.3. The molecule has 0 saturated heterocycles. The van der Waals surface area contributed by atoms with Crippen LogP contribution >= 0.6 is 0 Å². The average molecular weight is 453 g/mol. The van der Waals surface area contributed by atoms with Crippen molar-refractivity contribution in [2.75, 3.05) is 27.9 Å². The van der Waals surface area contributed by atoms with Crippen LogP contribution in [0.25, 0.3) is 0 Å². The molecule has 0 aliphatic heterocycles. The van der Waals surface area contributed by atoms with Gasteiger partial charge in [-0.2, -0.15) is 0 Å². The number of nitrogens with zero attached hydrogens (tertiary/aromatic N) is 1. The molecule has 1 aromatic heterocycles. The maximum absolute atomic E-state index is 13.9. The summed E-state index contributed by atoms with van der Waals surface area (Å²) in [6, 6.07) is 3.05. The Morgan fingerprint density at radius 2 is 1.81 bits per heavy atom. The highest BCUT2D eigenvalue weighted by atomic mass is 19.1. The summed E-state index contributed by atoms with van der Waals surface area (Å²) < 4.78 is 48.8. The van der Waals surface area contributed by atoms with E-state index in [1.165, 1.54) is 38.2 Å². The minimum absolute atomic E-state index is 0.0505. The maximum Gasteiger partial charge on any atom is 0.359 e. The van der Waals surface area contributed by atoms with E-state index in [4.69, 9.17) is 18.9 Å². The molecule has 0 saturated carbocycles. The van der Waals surface area contributed by atoms with Gasteiger partial charge in [0.1, 0.15) is 11.6 Å². The molecular weight excluding hydrogens is 428 g/mol. The molecule has 32 heavy (non-hydrogen) atoms. The van der Waals surface area contributed by atoms with E-state index in [-0.39, 0.29) is 48.6 Å². The normalized spacial score (nSPS) is 11.0. The van der Waals surface area contributed by atoms with E-state index >= 15 is 0 Å². The van der Waals surface area contributed by atoms with Gasteiger partial charge in [0.05, 0.1) is 25.8 Å². The lowest BCUT2D eigenvalue weighted by Gasteiger charge is -2.20. The first-order chi connectivity index (χ1) is 15.3. The van der Waals surface area contributed by atoms with E-state index in [1.54, 1.807) is 6.92 Å². The Kier molecular flexibility index (Phi) is 9.03. The molecule has 0 aliphatic rings. The van der Waals surface area contributed by atoms with Crippen LogP contribution in [0.3, 0.4) is 0 Å². The van der Waals surface area contributed by atoms with Crippen molar-refractivity contribution < 1.29 is 37.3 Å². The third kappa shape index (κ3) is 5.77. The number of rotatable bonds is 11. The number of methoxy groups -OCH3 is 3. The molecule has 0 aliphatic carbocycles. The molecule has 2 rings (SSSR count). The molecule has 1 heterocycles. The van der Waals surface area contributed by atoms with Crippen LogP contribution in [0.4, 0.5) is 8.78 Å². The molecule has 1 aromatic carbocycles. The van der Waals surface area contributed by atoms with Gasteiger partial charge in [-0.05, 0) is 25.0 Å². The fraction of sp³-hybridized carbons (Fsp3) is 0.409. The summed E-state index contributed by atoms with van der Waals surface area (Å²) in [5.41, 5.74) is -1.13. The predicted molar refractivity (Wildman–Crippen MR) is 110 cm³/mol. The molecule has 2 aromatic rings. The number of esters is 1. The van der Waals surface area contributed by atoms with Gasteiger partial charge in [-0.3, -0.25) is 9.59 Å². The summed E-state index contributed by atoms with van der Waals surface area (Å²) in [6.07, 6.45) is 0.125. The van der Waals surface area contributed by atoms with Gasteiger partial charge >= 0.3 is 5.97 Å². The Bertz CT molecular complexity index is 1030. The Hall–Kier alpha value is -3.11. The number of ether oxygens (including phenoxy) is 4. The van der Waals surface area contributed by atoms with Crippen LogP contribution in [-0.2, 0) is 27.2 Å². The highest BCUT2D eigenvalue weighted by Crippen LogP contribution is 2.20. The van der Waals surface area contributed by atoms with Crippen molar-refractivity contribution in [1.29, 1.82) is 0 Å². The van der Waals surface area contributed by atoms with Crippen molar-refractivity contribution in [2.45, 2.75) is 32.6 Å². The summed E-state index contributed by atoms with van der Waals surface area (Å²) in [5, 5.41) is 0. The maximum atomic E-state index is 13.9. The van der Waals surface area contributed by atoms with Gasteiger partial charge < -0.3 is 23.5 Å². The first-order valence-corrected chi connectivity index (χ1v) is 9.78. The smallest absolute Gasteiger partial charge is 0.359 e. The van der Waals surface area contributed by atoms with Crippen molar-refractivity contribution in [2.24, 2.45) is 0 Å². The molecule has 0 radical (unpaired) electrons. The van der Waals surface area contributed by atoms with Crippen LogP contribution in [0, 0.1) is 11.6 Å². The lowest BCUT2D eigenvalue weighted by atomic mass is 10.0. The van der Waals surface area contributed by atoms with Crippen LogP contribution in [0.15, 0.2) is 29.2 Å². The van der Waals surface area contributed by atoms with E-state index in [2.05, 4.69) is 0 Å². The summed E-state index contributed by atoms with van der Waals surface area (Å²) >= 11 is 0. The highest BCUT2D eigenvalue weighted by molar-refractivity contribution is 5.98. The number of Topliss-reactive ketones (excluding diaryl/α,β-unsaturated/α-hetero) is 1. The van der Waals surface area contributed by atoms with Crippen molar-refractivity contribution in [3.8, 4) is 5.75 Å². The predicted octanol–water partition coefficient (Wildman–Crippen LogP) is 2.75. The SMILES string of the molecule is CCOC(=O)c1c(OC)c(=O)c(C(=O)CCc2ccc(F)cc2F)cn1CC(OC)OC. The van der Waals surface area contributed by atoms with Gasteiger partial charge in [0.25, 0.3) is 0 Å². The van der Waals surface area contributed by atoms with E-state index < -0.39 is 35.1 Å². The van der Waals surface area contributed by atoms with Crippen LogP contribution in [-0.4, -0.2) is 50.5 Å². The lowest BCUT2D eigenvalue weighted by Crippen LogP contribution is -2.30. The van der Waals surface area contributed by atoms with E-state index in [0.717, 1.165) is 12.1 Å². The number of hydrogen-bond donors (Lipinski definition) is 0. The van der Waals surface area contributed by atoms with Gasteiger partial charge in [0.2, 0.25) is 5.43 Å². The average Bonchev–Trinajstić information content (AvgIpc) is 2.77. The molecule has 0 fully saturated rings. The molecular formula is C22H25F2NO7. The Morgan fingerprint density at radius 3 is 2.38 bits per heavy atom. The van der Waals surface area contributed by atoms with Crippen molar-refractivity contribution in [3.63, 3.8) is 0 Å². The molecule has 0 unspecified atom stereocenters. The zero-order valence-electron chi connectivity index (χ0n) is 18.3. The molecule has 174 valence electrons. The van der Waals surface area contributed by atoms with Gasteiger partial charge in [0.15, 0.2) is 23.5 Å². The number of halogens is 2. The van der Waals surface area contributed by atoms with Crippen LogP contribution in [0.1, 0.15) is 39.8 Å². The number of carbonyl (C=O) groups excluding carboxylic acids is 2. The summed E-state index contributed by atoms with van der Waals surface area (Å²) in [5.74, 6) is -3.31. The quantitative estimate of drug-likeness (QED) is 0.293. The van der Waals surface area contributed by atoms with E-state index in [9.17, 15) is 23.2 Å². The fourth-order valence-corrected chi connectivity index (χ4v) is 3.09. The van der Waals surface area contributed by atoms with Crippen molar-refractivity contribution >= 4 is 11.8 Å².